The van der Waals surface area contributed by atoms with E-state index in [9.17, 15) is 27.9 Å². The van der Waals surface area contributed by atoms with Crippen molar-refractivity contribution in [1.29, 1.82) is 0 Å². The Kier molecular flexibility index (Phi) is 6.10. The molecule has 0 unspecified atom stereocenters. The molecule has 10 nitrogen and oxygen atoms in total. The number of nitrogens with zero attached hydrogens (tertiary/aromatic N) is 6. The number of amides is 1. The molecular weight excluding hydrogens is 561 g/mol. The number of carboxylic acid groups (broad SMARTS) is 1. The number of thiazole rings is 1. The fraction of sp³-hybridized carbons (Fsp3) is 0.292. The maximum absolute atomic E-state index is 14.0. The molecule has 2 saturated heterocycles. The molecule has 1 aromatic carbocycles. The maximum atomic E-state index is 14.0. The molecule has 6 rings (SSSR count). The highest BCUT2D eigenvalue weighted by Crippen LogP contribution is 2.50. The average Bonchev–Trinajstić information content (AvgIpc) is 3.68. The van der Waals surface area contributed by atoms with Gasteiger partial charge in [-0.1, -0.05) is 17.7 Å². The van der Waals surface area contributed by atoms with Crippen molar-refractivity contribution in [3.63, 3.8) is 0 Å². The van der Waals surface area contributed by atoms with Gasteiger partial charge in [-0.25, -0.2) is 18.9 Å². The largest absolute Gasteiger partial charge is 0.480 e. The Morgan fingerprint density at radius 3 is 2.82 bits per heavy atom. The number of rotatable bonds is 6. The van der Waals surface area contributed by atoms with Crippen LogP contribution in [0.2, 0.25) is 5.02 Å². The van der Waals surface area contributed by atoms with Crippen LogP contribution < -0.4 is 0 Å². The first kappa shape index (κ1) is 25.4. The third kappa shape index (κ3) is 4.23. The lowest BCUT2D eigenvalue weighted by atomic mass is 9.90. The van der Waals surface area contributed by atoms with E-state index in [2.05, 4.69) is 10.1 Å². The number of carbonyl (C=O) groups excluding carboxylic acids is 1. The summed E-state index contributed by atoms with van der Waals surface area (Å²) in [5, 5.41) is 15.9. The first-order valence-corrected chi connectivity index (χ1v) is 12.9. The highest BCUT2D eigenvalue weighted by Gasteiger charge is 2.56. The van der Waals surface area contributed by atoms with Gasteiger partial charge < -0.3 is 14.7 Å². The SMILES string of the molecule is O=C(O)CN1C(=O)OC[C@@]12CC1=C(c3ccn(C(F)F)n3)[C@H](c3ccc(F)cc3Cl)N=C(c3nccs3)N1C2. The summed E-state index contributed by atoms with van der Waals surface area (Å²) in [7, 11) is 0. The van der Waals surface area contributed by atoms with Gasteiger partial charge in [-0.05, 0) is 18.2 Å². The number of carbonyl (C=O) groups is 2. The number of amidine groups is 1. The molecule has 2 fully saturated rings. The Bertz CT molecular complexity index is 1540. The zero-order valence-electron chi connectivity index (χ0n) is 19.8. The lowest BCUT2D eigenvalue weighted by Crippen LogP contribution is -2.51. The standard InChI is InChI=1S/C24H18ClF3N6O4S/c25-14-7-12(26)1-2-13(14)19-18(15-3-5-34(31-15)22(27)28)16-8-24(11-38-23(37)33(24)9-17(35)36)10-32(16)20(30-19)21-29-4-6-39-21/h1-7,19,22H,8-11H2,(H,35,36)/t19-,24-/m0/s1. The minimum atomic E-state index is -2.90. The summed E-state index contributed by atoms with van der Waals surface area (Å²) in [6.07, 6.45) is 2.07. The van der Waals surface area contributed by atoms with E-state index in [0.29, 0.717) is 32.4 Å². The first-order chi connectivity index (χ1) is 18.7. The van der Waals surface area contributed by atoms with E-state index in [0.717, 1.165) is 17.2 Å². The summed E-state index contributed by atoms with van der Waals surface area (Å²) in [5.74, 6) is -1.37. The van der Waals surface area contributed by atoms with Crippen LogP contribution in [-0.2, 0) is 9.53 Å². The third-order valence-electron chi connectivity index (χ3n) is 6.88. The van der Waals surface area contributed by atoms with Crippen LogP contribution in [0.4, 0.5) is 18.0 Å². The predicted molar refractivity (Wildman–Crippen MR) is 133 cm³/mol. The first-order valence-electron chi connectivity index (χ1n) is 11.6. The number of fused-ring (bicyclic) bond motifs is 1. The van der Waals surface area contributed by atoms with E-state index in [4.69, 9.17) is 21.3 Å². The molecule has 0 bridgehead atoms. The average molecular weight is 579 g/mol. The van der Waals surface area contributed by atoms with Gasteiger partial charge in [-0.2, -0.15) is 13.9 Å². The number of hydrogen-bond acceptors (Lipinski definition) is 8. The van der Waals surface area contributed by atoms with Crippen LogP contribution >= 0.6 is 22.9 Å². The molecule has 1 spiro atoms. The summed E-state index contributed by atoms with van der Waals surface area (Å²) in [4.78, 5) is 36.5. The molecule has 39 heavy (non-hydrogen) atoms. The van der Waals surface area contributed by atoms with E-state index < -0.39 is 42.6 Å². The zero-order valence-corrected chi connectivity index (χ0v) is 21.4. The summed E-state index contributed by atoms with van der Waals surface area (Å²) >= 11 is 7.77. The van der Waals surface area contributed by atoms with E-state index >= 15 is 0 Å². The van der Waals surface area contributed by atoms with Crippen molar-refractivity contribution >= 4 is 46.4 Å². The molecule has 15 heteroatoms. The van der Waals surface area contributed by atoms with Gasteiger partial charge in [0, 0.05) is 46.1 Å². The third-order valence-corrected chi connectivity index (χ3v) is 7.98. The van der Waals surface area contributed by atoms with Crippen LogP contribution in [0.1, 0.15) is 35.3 Å². The zero-order chi connectivity index (χ0) is 27.5. The van der Waals surface area contributed by atoms with Gasteiger partial charge in [0.1, 0.15) is 30.5 Å². The van der Waals surface area contributed by atoms with Crippen molar-refractivity contribution in [1.82, 2.24) is 24.6 Å². The number of benzene rings is 1. The van der Waals surface area contributed by atoms with Gasteiger partial charge in [-0.3, -0.25) is 14.7 Å². The van der Waals surface area contributed by atoms with Gasteiger partial charge in [-0.15, -0.1) is 11.3 Å². The van der Waals surface area contributed by atoms with E-state index in [1.807, 2.05) is 0 Å². The lowest BCUT2D eigenvalue weighted by molar-refractivity contribution is -0.138. The fourth-order valence-corrected chi connectivity index (χ4v) is 6.14. The summed E-state index contributed by atoms with van der Waals surface area (Å²) < 4.78 is 46.8. The summed E-state index contributed by atoms with van der Waals surface area (Å²) in [6, 6.07) is 4.34. The maximum Gasteiger partial charge on any atom is 0.411 e. The summed E-state index contributed by atoms with van der Waals surface area (Å²) in [6.45, 7) is -3.46. The second-order valence-corrected chi connectivity index (χ2v) is 10.5. The molecule has 1 N–H and O–H groups in total. The van der Waals surface area contributed by atoms with Crippen molar-refractivity contribution in [2.24, 2.45) is 4.99 Å². The van der Waals surface area contributed by atoms with Crippen molar-refractivity contribution in [3.8, 4) is 0 Å². The van der Waals surface area contributed by atoms with Crippen molar-refractivity contribution < 1.29 is 32.6 Å². The van der Waals surface area contributed by atoms with Crippen LogP contribution in [-0.4, -0.2) is 72.8 Å². The Morgan fingerprint density at radius 2 is 2.15 bits per heavy atom. The normalized spacial score (nSPS) is 22.6. The lowest BCUT2D eigenvalue weighted by Gasteiger charge is -2.33. The molecule has 0 radical (unpaired) electrons. The molecule has 3 aromatic rings. The minimum absolute atomic E-state index is 0.0710. The number of hydrogen-bond donors (Lipinski definition) is 1. The molecule has 0 saturated carbocycles. The number of aliphatic carboxylic acids is 1. The number of ether oxygens (including phenoxy) is 1. The van der Waals surface area contributed by atoms with Gasteiger partial charge in [0.05, 0.1) is 12.2 Å². The number of carboxylic acids is 1. The van der Waals surface area contributed by atoms with Gasteiger partial charge >= 0.3 is 18.6 Å². The predicted octanol–water partition coefficient (Wildman–Crippen LogP) is 4.42. The van der Waals surface area contributed by atoms with Crippen LogP contribution in [0.5, 0.6) is 0 Å². The van der Waals surface area contributed by atoms with Gasteiger partial charge in [0.25, 0.3) is 0 Å². The van der Waals surface area contributed by atoms with Crippen LogP contribution in [0.15, 0.2) is 52.7 Å². The number of alkyl halides is 2. The molecule has 5 heterocycles. The minimum Gasteiger partial charge on any atom is -0.480 e. The molecule has 2 atom stereocenters. The van der Waals surface area contributed by atoms with E-state index in [-0.39, 0.29) is 30.3 Å². The Balaban J connectivity index is 1.58. The number of cyclic esters (lactones) is 1. The van der Waals surface area contributed by atoms with Crippen molar-refractivity contribution in [3.05, 3.63) is 74.8 Å². The molecule has 3 aliphatic heterocycles. The molecular formula is C24H18ClF3N6O4S. The molecule has 202 valence electrons. The fourth-order valence-electron chi connectivity index (χ4n) is 5.23. The molecule has 3 aliphatic rings. The van der Waals surface area contributed by atoms with Crippen molar-refractivity contribution in [2.75, 3.05) is 19.7 Å². The highest BCUT2D eigenvalue weighted by atomic mass is 35.5. The molecule has 0 aliphatic carbocycles. The highest BCUT2D eigenvalue weighted by molar-refractivity contribution is 7.11. The quantitative estimate of drug-likeness (QED) is 0.461. The van der Waals surface area contributed by atoms with E-state index in [1.54, 1.807) is 16.5 Å². The van der Waals surface area contributed by atoms with E-state index in [1.165, 1.54) is 29.5 Å². The Morgan fingerprint density at radius 1 is 1.33 bits per heavy atom. The van der Waals surface area contributed by atoms with Crippen LogP contribution in [0, 0.1) is 5.82 Å². The van der Waals surface area contributed by atoms with Gasteiger partial charge in [0.2, 0.25) is 0 Å². The summed E-state index contributed by atoms with van der Waals surface area (Å²) in [5.41, 5.74) is 0.474. The number of halogens is 4. The number of aromatic nitrogens is 3. The smallest absolute Gasteiger partial charge is 0.411 e. The number of aliphatic imine (C=N–C) groups is 1. The molecule has 1 amide bonds. The second kappa shape index (κ2) is 9.38. The molecule has 2 aromatic heterocycles. The Labute approximate surface area is 227 Å². The van der Waals surface area contributed by atoms with Crippen LogP contribution in [0.3, 0.4) is 0 Å². The monoisotopic (exact) mass is 578 g/mol. The topological polar surface area (TPSA) is 113 Å². The van der Waals surface area contributed by atoms with Crippen molar-refractivity contribution in [2.45, 2.75) is 24.6 Å². The van der Waals surface area contributed by atoms with Crippen LogP contribution in [0.25, 0.3) is 5.57 Å². The van der Waals surface area contributed by atoms with Gasteiger partial charge in [0.15, 0.2) is 10.8 Å². The Hall–Kier alpha value is -3.91. The second-order valence-electron chi connectivity index (χ2n) is 9.20.